The lowest BCUT2D eigenvalue weighted by atomic mass is 10.1. The number of hydrogen-bond acceptors (Lipinski definition) is 5. The molecule has 2 N–H and O–H groups in total. The van der Waals surface area contributed by atoms with Crippen molar-refractivity contribution >= 4 is 5.91 Å². The average Bonchev–Trinajstić information content (AvgIpc) is 3.05. The van der Waals surface area contributed by atoms with E-state index in [0.717, 1.165) is 12.4 Å². The van der Waals surface area contributed by atoms with Gasteiger partial charge in [0.25, 0.3) is 0 Å². The highest BCUT2D eigenvalue weighted by atomic mass is 19.4. The van der Waals surface area contributed by atoms with Gasteiger partial charge in [0, 0.05) is 43.2 Å². The van der Waals surface area contributed by atoms with Crippen LogP contribution in [0.25, 0.3) is 11.3 Å². The third kappa shape index (κ3) is 4.76. The minimum absolute atomic E-state index is 0.134. The van der Waals surface area contributed by atoms with E-state index in [1.54, 1.807) is 19.1 Å². The van der Waals surface area contributed by atoms with Crippen LogP contribution in [0, 0.1) is 6.92 Å². The lowest BCUT2D eigenvalue weighted by Crippen LogP contribution is -2.40. The summed E-state index contributed by atoms with van der Waals surface area (Å²) in [5, 5.41) is 5.52. The van der Waals surface area contributed by atoms with Gasteiger partial charge >= 0.3 is 6.18 Å². The van der Waals surface area contributed by atoms with Crippen LogP contribution in [0.1, 0.15) is 23.5 Å². The molecule has 6 nitrogen and oxygen atoms in total. The molecular weight excluding hydrogens is 366 g/mol. The predicted octanol–water partition coefficient (Wildman–Crippen LogP) is 2.18. The zero-order chi connectivity index (χ0) is 19.6. The van der Waals surface area contributed by atoms with E-state index >= 15 is 0 Å². The van der Waals surface area contributed by atoms with E-state index in [4.69, 9.17) is 0 Å². The molecule has 0 aromatic carbocycles. The number of hydrogen-bond donors (Lipinski definition) is 2. The van der Waals surface area contributed by atoms with Gasteiger partial charge in [-0.3, -0.25) is 9.78 Å². The van der Waals surface area contributed by atoms with E-state index in [0.29, 0.717) is 22.5 Å². The van der Waals surface area contributed by atoms with E-state index in [9.17, 15) is 22.4 Å². The van der Waals surface area contributed by atoms with Crippen LogP contribution in [0.3, 0.4) is 0 Å². The van der Waals surface area contributed by atoms with Crippen molar-refractivity contribution in [2.75, 3.05) is 6.54 Å². The van der Waals surface area contributed by atoms with Crippen LogP contribution in [0.2, 0.25) is 0 Å². The summed E-state index contributed by atoms with van der Waals surface area (Å²) in [5.74, 6) is -1.52. The zero-order valence-electron chi connectivity index (χ0n) is 14.3. The summed E-state index contributed by atoms with van der Waals surface area (Å²) >= 11 is 0. The summed E-state index contributed by atoms with van der Waals surface area (Å²) in [7, 11) is 0. The molecule has 2 aromatic rings. The van der Waals surface area contributed by atoms with Crippen molar-refractivity contribution in [2.45, 2.75) is 38.3 Å². The Bertz CT molecular complexity index is 825. The summed E-state index contributed by atoms with van der Waals surface area (Å²) in [6.45, 7) is 2.07. The maximum absolute atomic E-state index is 13.2. The molecule has 1 fully saturated rings. The first-order chi connectivity index (χ1) is 12.7. The van der Waals surface area contributed by atoms with Crippen molar-refractivity contribution in [3.8, 4) is 11.3 Å². The van der Waals surface area contributed by atoms with Crippen LogP contribution in [0.15, 0.2) is 24.5 Å². The monoisotopic (exact) mass is 383 g/mol. The Morgan fingerprint density at radius 3 is 2.59 bits per heavy atom. The summed E-state index contributed by atoms with van der Waals surface area (Å²) < 4.78 is 50.9. The molecule has 2 aromatic heterocycles. The van der Waals surface area contributed by atoms with Crippen LogP contribution >= 0.6 is 0 Å². The maximum atomic E-state index is 13.2. The molecule has 1 amide bonds. The molecule has 1 aliphatic heterocycles. The van der Waals surface area contributed by atoms with Gasteiger partial charge in [0.15, 0.2) is 0 Å². The van der Waals surface area contributed by atoms with Gasteiger partial charge in [-0.1, -0.05) is 0 Å². The largest absolute Gasteiger partial charge is 0.451 e. The molecule has 1 saturated heterocycles. The number of aromatic nitrogens is 3. The Labute approximate surface area is 152 Å². The topological polar surface area (TPSA) is 79.8 Å². The number of carbonyl (C=O) groups excluding carboxylic acids is 1. The van der Waals surface area contributed by atoms with Gasteiger partial charge in [-0.25, -0.2) is 14.4 Å². The number of aryl methyl sites for hydroxylation is 1. The molecule has 2 atom stereocenters. The molecule has 27 heavy (non-hydrogen) atoms. The number of alkyl halides is 4. The van der Waals surface area contributed by atoms with E-state index in [2.05, 4.69) is 25.6 Å². The average molecular weight is 383 g/mol. The van der Waals surface area contributed by atoms with Gasteiger partial charge in [-0.05, 0) is 24.6 Å². The number of carbonyl (C=O) groups is 1. The SMILES string of the molecule is Cc1cc(CNC(=O)[C@@H]2C[C@@H](F)CN2)cc(-c2cnc(C(F)(F)F)nc2)n1. The van der Waals surface area contributed by atoms with Crippen LogP contribution in [-0.4, -0.2) is 39.6 Å². The number of nitrogens with one attached hydrogen (secondary N) is 2. The predicted molar refractivity (Wildman–Crippen MR) is 88.2 cm³/mol. The van der Waals surface area contributed by atoms with Gasteiger partial charge in [0.2, 0.25) is 11.7 Å². The summed E-state index contributed by atoms with van der Waals surface area (Å²) in [5.41, 5.74) is 2.06. The first kappa shape index (κ1) is 19.2. The van der Waals surface area contributed by atoms with E-state index in [-0.39, 0.29) is 25.4 Å². The van der Waals surface area contributed by atoms with Crippen LogP contribution in [0.5, 0.6) is 0 Å². The first-order valence-corrected chi connectivity index (χ1v) is 8.24. The Morgan fingerprint density at radius 1 is 1.30 bits per heavy atom. The summed E-state index contributed by atoms with van der Waals surface area (Å²) in [6, 6.07) is 2.82. The van der Waals surface area contributed by atoms with Crippen molar-refractivity contribution in [1.82, 2.24) is 25.6 Å². The molecule has 0 unspecified atom stereocenters. The molecule has 0 spiro atoms. The first-order valence-electron chi connectivity index (χ1n) is 8.24. The molecule has 0 radical (unpaired) electrons. The van der Waals surface area contributed by atoms with Crippen molar-refractivity contribution in [3.05, 3.63) is 41.6 Å². The smallest absolute Gasteiger partial charge is 0.351 e. The molecule has 1 aliphatic rings. The van der Waals surface area contributed by atoms with Crippen LogP contribution in [0.4, 0.5) is 17.6 Å². The minimum Gasteiger partial charge on any atom is -0.351 e. The molecule has 144 valence electrons. The van der Waals surface area contributed by atoms with Crippen molar-refractivity contribution < 1.29 is 22.4 Å². The number of rotatable bonds is 4. The number of nitrogens with zero attached hydrogens (tertiary/aromatic N) is 3. The van der Waals surface area contributed by atoms with E-state index in [1.807, 2.05) is 0 Å². The molecule has 0 bridgehead atoms. The lowest BCUT2D eigenvalue weighted by molar-refractivity contribution is -0.145. The Balaban J connectivity index is 1.71. The summed E-state index contributed by atoms with van der Waals surface area (Å²) in [6.07, 6.45) is -3.39. The molecule has 3 heterocycles. The second-order valence-electron chi connectivity index (χ2n) is 6.31. The number of amides is 1. The third-order valence-corrected chi connectivity index (χ3v) is 4.07. The van der Waals surface area contributed by atoms with E-state index < -0.39 is 24.2 Å². The highest BCUT2D eigenvalue weighted by Crippen LogP contribution is 2.27. The molecule has 0 saturated carbocycles. The second kappa shape index (κ2) is 7.55. The molecule has 10 heteroatoms. The van der Waals surface area contributed by atoms with E-state index in [1.165, 1.54) is 0 Å². The molecule has 3 rings (SSSR count). The Kier molecular flexibility index (Phi) is 5.36. The van der Waals surface area contributed by atoms with Crippen molar-refractivity contribution in [3.63, 3.8) is 0 Å². The number of halogens is 4. The lowest BCUT2D eigenvalue weighted by Gasteiger charge is -2.12. The maximum Gasteiger partial charge on any atom is 0.451 e. The van der Waals surface area contributed by atoms with Crippen LogP contribution < -0.4 is 10.6 Å². The normalized spacial score (nSPS) is 19.9. The fourth-order valence-electron chi connectivity index (χ4n) is 2.80. The van der Waals surface area contributed by atoms with Gasteiger partial charge in [-0.15, -0.1) is 0 Å². The number of pyridine rings is 1. The molecular formula is C17H17F4N5O. The van der Waals surface area contributed by atoms with Crippen molar-refractivity contribution in [1.29, 1.82) is 0 Å². The highest BCUT2D eigenvalue weighted by Gasteiger charge is 2.34. The van der Waals surface area contributed by atoms with Gasteiger partial charge in [0.1, 0.15) is 6.17 Å². The fraction of sp³-hybridized carbons (Fsp3) is 0.412. The minimum atomic E-state index is -4.61. The quantitative estimate of drug-likeness (QED) is 0.792. The second-order valence-corrected chi connectivity index (χ2v) is 6.31. The van der Waals surface area contributed by atoms with Crippen LogP contribution in [-0.2, 0) is 17.5 Å². The van der Waals surface area contributed by atoms with Crippen molar-refractivity contribution in [2.24, 2.45) is 0 Å². The zero-order valence-corrected chi connectivity index (χ0v) is 14.3. The standard InChI is InChI=1S/C17H17F4N5O/c1-9-2-10(5-23-15(27)14-4-12(18)8-22-14)3-13(26-9)11-6-24-16(25-7-11)17(19,20)21/h2-3,6-7,12,14,22H,4-5,8H2,1H3,(H,23,27)/t12-,14+/m1/s1. The van der Waals surface area contributed by atoms with Gasteiger partial charge in [0.05, 0.1) is 11.7 Å². The fourth-order valence-corrected chi connectivity index (χ4v) is 2.80. The van der Waals surface area contributed by atoms with Gasteiger partial charge < -0.3 is 10.6 Å². The van der Waals surface area contributed by atoms with Gasteiger partial charge in [-0.2, -0.15) is 13.2 Å². The summed E-state index contributed by atoms with van der Waals surface area (Å²) in [4.78, 5) is 23.0. The molecule has 0 aliphatic carbocycles. The highest BCUT2D eigenvalue weighted by molar-refractivity contribution is 5.82. The Hall–Kier alpha value is -2.62. The Morgan fingerprint density at radius 2 is 2.00 bits per heavy atom. The third-order valence-electron chi connectivity index (χ3n) is 4.07.